The van der Waals surface area contributed by atoms with Crippen LogP contribution in [0.4, 0.5) is 0 Å². The minimum Gasteiger partial charge on any atom is -0.368 e. The van der Waals surface area contributed by atoms with E-state index in [-0.39, 0.29) is 12.3 Å². The van der Waals surface area contributed by atoms with Crippen molar-refractivity contribution >= 4 is 22.6 Å². The summed E-state index contributed by atoms with van der Waals surface area (Å²) in [6.45, 7) is 0. The van der Waals surface area contributed by atoms with E-state index in [1.165, 1.54) is 0 Å². The van der Waals surface area contributed by atoms with Crippen LogP contribution in [-0.4, -0.2) is 17.9 Å². The van der Waals surface area contributed by atoms with Crippen molar-refractivity contribution in [1.82, 2.24) is 5.32 Å². The van der Waals surface area contributed by atoms with Gasteiger partial charge in [0.2, 0.25) is 5.91 Å². The fourth-order valence-electron chi connectivity index (χ4n) is 2.80. The molecule has 0 aromatic heterocycles. The Morgan fingerprint density at radius 1 is 1.00 bits per heavy atom. The highest BCUT2D eigenvalue weighted by atomic mass is 16.2. The molecule has 1 atom stereocenters. The summed E-state index contributed by atoms with van der Waals surface area (Å²) in [4.78, 5) is 24.3. The lowest BCUT2D eigenvalue weighted by atomic mass is 10.0. The second-order valence-electron chi connectivity index (χ2n) is 6.01. The zero-order valence-corrected chi connectivity index (χ0v) is 14.0. The van der Waals surface area contributed by atoms with Crippen molar-refractivity contribution < 1.29 is 9.59 Å². The van der Waals surface area contributed by atoms with Crippen molar-refractivity contribution in [1.29, 1.82) is 5.26 Å². The molecule has 3 N–H and O–H groups in total. The van der Waals surface area contributed by atoms with Crippen LogP contribution in [0.3, 0.4) is 0 Å². The Morgan fingerprint density at radius 2 is 1.77 bits per heavy atom. The number of benzene rings is 3. The van der Waals surface area contributed by atoms with E-state index in [4.69, 9.17) is 11.0 Å². The van der Waals surface area contributed by atoms with Gasteiger partial charge in [-0.1, -0.05) is 42.5 Å². The van der Waals surface area contributed by atoms with Gasteiger partial charge in [0.05, 0.1) is 11.6 Å². The molecule has 26 heavy (non-hydrogen) atoms. The van der Waals surface area contributed by atoms with Crippen molar-refractivity contribution in [3.05, 3.63) is 83.4 Å². The average molecular weight is 343 g/mol. The molecule has 0 spiro atoms. The van der Waals surface area contributed by atoms with Crippen LogP contribution in [0.5, 0.6) is 0 Å². The van der Waals surface area contributed by atoms with Crippen LogP contribution in [0.25, 0.3) is 10.8 Å². The van der Waals surface area contributed by atoms with Gasteiger partial charge in [0, 0.05) is 12.0 Å². The fourth-order valence-corrected chi connectivity index (χ4v) is 2.80. The summed E-state index contributed by atoms with van der Waals surface area (Å²) in [5.74, 6) is -0.988. The lowest BCUT2D eigenvalue weighted by molar-refractivity contribution is -0.119. The molecule has 2 amide bonds. The minimum atomic E-state index is -0.858. The molecule has 0 aliphatic heterocycles. The molecule has 3 aromatic rings. The highest BCUT2D eigenvalue weighted by molar-refractivity contribution is 6.00. The summed E-state index contributed by atoms with van der Waals surface area (Å²) >= 11 is 0. The third-order valence-electron chi connectivity index (χ3n) is 4.16. The molecule has 0 aliphatic carbocycles. The summed E-state index contributed by atoms with van der Waals surface area (Å²) in [5.41, 5.74) is 7.16. The van der Waals surface area contributed by atoms with Gasteiger partial charge in [0.15, 0.2) is 0 Å². The number of rotatable bonds is 5. The predicted octanol–water partition coefficient (Wildman–Crippen LogP) is 2.54. The van der Waals surface area contributed by atoms with E-state index in [0.717, 1.165) is 16.3 Å². The smallest absolute Gasteiger partial charge is 0.251 e. The van der Waals surface area contributed by atoms with Crippen LogP contribution in [0, 0.1) is 11.3 Å². The molecular weight excluding hydrogens is 326 g/mol. The first-order chi connectivity index (χ1) is 12.6. The minimum absolute atomic E-state index is 0.226. The van der Waals surface area contributed by atoms with Gasteiger partial charge >= 0.3 is 0 Å². The number of fused-ring (bicyclic) bond motifs is 1. The normalized spacial score (nSPS) is 11.5. The Morgan fingerprint density at radius 3 is 2.50 bits per heavy atom. The number of carbonyl (C=O) groups is 2. The molecular formula is C21H17N3O2. The molecule has 0 bridgehead atoms. The SMILES string of the molecule is N#Cc1cccc(C[C@H](NC(=O)c2ccc3ccccc3c2)C(N)=O)c1. The second kappa shape index (κ2) is 7.49. The lowest BCUT2D eigenvalue weighted by Gasteiger charge is -2.16. The molecule has 128 valence electrons. The number of hydrogen-bond donors (Lipinski definition) is 2. The maximum atomic E-state index is 12.5. The predicted molar refractivity (Wildman–Crippen MR) is 99.3 cm³/mol. The van der Waals surface area contributed by atoms with Crippen LogP contribution < -0.4 is 11.1 Å². The molecule has 5 heteroatoms. The van der Waals surface area contributed by atoms with E-state index in [0.29, 0.717) is 11.1 Å². The van der Waals surface area contributed by atoms with Crippen LogP contribution in [0.2, 0.25) is 0 Å². The van der Waals surface area contributed by atoms with Crippen LogP contribution >= 0.6 is 0 Å². The van der Waals surface area contributed by atoms with Gasteiger partial charge in [-0.25, -0.2) is 0 Å². The third-order valence-corrected chi connectivity index (χ3v) is 4.16. The average Bonchev–Trinajstić information content (AvgIpc) is 2.67. The number of carbonyl (C=O) groups excluding carboxylic acids is 2. The standard InChI is InChI=1S/C21H17N3O2/c22-13-15-5-3-4-14(10-15)11-19(20(23)25)24-21(26)18-9-8-16-6-1-2-7-17(16)12-18/h1-10,12,19H,11H2,(H2,23,25)(H,24,26)/t19-/m0/s1. The van der Waals surface area contributed by atoms with Crippen molar-refractivity contribution in [3.63, 3.8) is 0 Å². The zero-order chi connectivity index (χ0) is 18.5. The molecule has 5 nitrogen and oxygen atoms in total. The van der Waals surface area contributed by atoms with Crippen LogP contribution in [-0.2, 0) is 11.2 Å². The van der Waals surface area contributed by atoms with Gasteiger partial charge in [-0.3, -0.25) is 9.59 Å². The van der Waals surface area contributed by atoms with Crippen LogP contribution in [0.1, 0.15) is 21.5 Å². The first-order valence-electron chi connectivity index (χ1n) is 8.15. The van der Waals surface area contributed by atoms with E-state index in [9.17, 15) is 9.59 Å². The number of hydrogen-bond acceptors (Lipinski definition) is 3. The monoisotopic (exact) mass is 343 g/mol. The van der Waals surface area contributed by atoms with Crippen molar-refractivity contribution in [2.45, 2.75) is 12.5 Å². The Hall–Kier alpha value is -3.65. The first-order valence-corrected chi connectivity index (χ1v) is 8.15. The van der Waals surface area contributed by atoms with E-state index in [2.05, 4.69) is 5.32 Å². The van der Waals surface area contributed by atoms with E-state index in [1.54, 1.807) is 36.4 Å². The molecule has 3 rings (SSSR count). The topological polar surface area (TPSA) is 96.0 Å². The summed E-state index contributed by atoms with van der Waals surface area (Å²) in [6.07, 6.45) is 0.226. The maximum absolute atomic E-state index is 12.5. The van der Waals surface area contributed by atoms with Gasteiger partial charge < -0.3 is 11.1 Å². The fraction of sp³-hybridized carbons (Fsp3) is 0.0952. The molecule has 0 unspecified atom stereocenters. The van der Waals surface area contributed by atoms with Crippen LogP contribution in [0.15, 0.2) is 66.7 Å². The Balaban J connectivity index is 1.79. The quantitative estimate of drug-likeness (QED) is 0.745. The molecule has 0 aliphatic rings. The Bertz CT molecular complexity index is 1020. The number of nitrogens with one attached hydrogen (secondary N) is 1. The van der Waals surface area contributed by atoms with Gasteiger partial charge in [-0.05, 0) is 40.6 Å². The van der Waals surface area contributed by atoms with Crippen molar-refractivity contribution in [2.24, 2.45) is 5.73 Å². The number of nitrogens with two attached hydrogens (primary N) is 1. The number of nitriles is 1. The third kappa shape index (κ3) is 3.87. The summed E-state index contributed by atoms with van der Waals surface area (Å²) in [7, 11) is 0. The molecule has 3 aromatic carbocycles. The summed E-state index contributed by atoms with van der Waals surface area (Å²) in [6, 6.07) is 21.1. The molecule has 0 saturated heterocycles. The molecule has 0 radical (unpaired) electrons. The molecule has 0 heterocycles. The summed E-state index contributed by atoms with van der Waals surface area (Å²) in [5, 5.41) is 13.6. The highest BCUT2D eigenvalue weighted by Crippen LogP contribution is 2.16. The zero-order valence-electron chi connectivity index (χ0n) is 14.0. The van der Waals surface area contributed by atoms with Crippen molar-refractivity contribution in [2.75, 3.05) is 0 Å². The number of amides is 2. The number of primary amides is 1. The van der Waals surface area contributed by atoms with Gasteiger partial charge in [-0.15, -0.1) is 0 Å². The van der Waals surface area contributed by atoms with Gasteiger partial charge in [0.25, 0.3) is 5.91 Å². The van der Waals surface area contributed by atoms with E-state index < -0.39 is 11.9 Å². The second-order valence-corrected chi connectivity index (χ2v) is 6.01. The van der Waals surface area contributed by atoms with Gasteiger partial charge in [-0.2, -0.15) is 5.26 Å². The molecule has 0 saturated carbocycles. The number of nitrogens with zero attached hydrogens (tertiary/aromatic N) is 1. The van der Waals surface area contributed by atoms with E-state index in [1.807, 2.05) is 36.4 Å². The highest BCUT2D eigenvalue weighted by Gasteiger charge is 2.19. The lowest BCUT2D eigenvalue weighted by Crippen LogP contribution is -2.45. The van der Waals surface area contributed by atoms with Crippen molar-refractivity contribution in [3.8, 4) is 6.07 Å². The summed E-state index contributed by atoms with van der Waals surface area (Å²) < 4.78 is 0. The van der Waals surface area contributed by atoms with E-state index >= 15 is 0 Å². The Kier molecular flexibility index (Phi) is 4.95. The molecule has 0 fully saturated rings. The maximum Gasteiger partial charge on any atom is 0.251 e. The first kappa shape index (κ1) is 17.2. The van der Waals surface area contributed by atoms with Gasteiger partial charge in [0.1, 0.15) is 6.04 Å². The largest absolute Gasteiger partial charge is 0.368 e. The Labute approximate surface area is 151 Å².